The van der Waals surface area contributed by atoms with Gasteiger partial charge in [-0.05, 0) is 41.8 Å². The largest absolute Gasteiger partial charge is 0.493 e. The van der Waals surface area contributed by atoms with Crippen LogP contribution in [0.25, 0.3) is 0 Å². The fourth-order valence-electron chi connectivity index (χ4n) is 2.71. The van der Waals surface area contributed by atoms with Crippen molar-refractivity contribution in [2.75, 3.05) is 13.2 Å². The molecule has 1 aliphatic rings. The topological polar surface area (TPSA) is 41.5 Å². The van der Waals surface area contributed by atoms with Crippen molar-refractivity contribution in [1.29, 1.82) is 0 Å². The summed E-state index contributed by atoms with van der Waals surface area (Å²) >= 11 is 0. The molecule has 0 radical (unpaired) electrons. The number of aliphatic hydroxyl groups is 1. The highest BCUT2D eigenvalue weighted by atomic mass is 19.1. The lowest BCUT2D eigenvalue weighted by Gasteiger charge is -2.24. The Kier molecular flexibility index (Phi) is 4.14. The summed E-state index contributed by atoms with van der Waals surface area (Å²) in [6.07, 6.45) is 0.955. The Balaban J connectivity index is 1.59. The monoisotopic (exact) mass is 301 g/mol. The minimum Gasteiger partial charge on any atom is -0.493 e. The van der Waals surface area contributed by atoms with Gasteiger partial charge in [-0.1, -0.05) is 24.3 Å². The number of benzene rings is 2. The summed E-state index contributed by atoms with van der Waals surface area (Å²) in [4.78, 5) is 0. The molecule has 0 spiro atoms. The van der Waals surface area contributed by atoms with Crippen LogP contribution in [0.4, 0.5) is 4.39 Å². The summed E-state index contributed by atoms with van der Waals surface area (Å²) in [7, 11) is 0. The first kappa shape index (κ1) is 15.0. The van der Waals surface area contributed by atoms with E-state index in [1.165, 1.54) is 23.3 Å². The van der Waals surface area contributed by atoms with E-state index in [1.807, 2.05) is 12.1 Å². The molecule has 2 aromatic carbocycles. The number of nitrogens with one attached hydrogen (secondary N) is 1. The number of halogens is 1. The molecule has 116 valence electrons. The van der Waals surface area contributed by atoms with Gasteiger partial charge < -0.3 is 15.2 Å². The Hall–Kier alpha value is -1.91. The third kappa shape index (κ3) is 3.29. The maximum atomic E-state index is 12.9. The van der Waals surface area contributed by atoms with E-state index in [-0.39, 0.29) is 5.82 Å². The Labute approximate surface area is 129 Å². The normalized spacial score (nSPS) is 16.0. The van der Waals surface area contributed by atoms with E-state index in [0.29, 0.717) is 18.7 Å². The second-order valence-electron chi connectivity index (χ2n) is 5.92. The fraction of sp³-hybridized carbons (Fsp3) is 0.333. The van der Waals surface area contributed by atoms with Crippen LogP contribution >= 0.6 is 0 Å². The van der Waals surface area contributed by atoms with Gasteiger partial charge in [0.15, 0.2) is 0 Å². The van der Waals surface area contributed by atoms with Gasteiger partial charge in [0, 0.05) is 19.5 Å². The van der Waals surface area contributed by atoms with Crippen LogP contribution in [0.15, 0.2) is 42.5 Å². The van der Waals surface area contributed by atoms with Gasteiger partial charge in [-0.3, -0.25) is 0 Å². The summed E-state index contributed by atoms with van der Waals surface area (Å²) in [5, 5.41) is 13.8. The average Bonchev–Trinajstić information content (AvgIpc) is 2.95. The zero-order valence-corrected chi connectivity index (χ0v) is 12.6. The average molecular weight is 301 g/mol. The van der Waals surface area contributed by atoms with Gasteiger partial charge in [-0.2, -0.15) is 0 Å². The van der Waals surface area contributed by atoms with Crippen LogP contribution in [-0.2, 0) is 18.6 Å². The maximum absolute atomic E-state index is 12.9. The molecular formula is C18H20FNO2. The molecule has 0 saturated carbocycles. The molecular weight excluding hydrogens is 281 g/mol. The lowest BCUT2D eigenvalue weighted by atomic mass is 9.96. The third-order valence-electron chi connectivity index (χ3n) is 4.02. The smallest absolute Gasteiger partial charge is 0.123 e. The van der Waals surface area contributed by atoms with Crippen LogP contribution in [0.3, 0.4) is 0 Å². The third-order valence-corrected chi connectivity index (χ3v) is 4.02. The van der Waals surface area contributed by atoms with E-state index in [2.05, 4.69) is 11.4 Å². The summed E-state index contributed by atoms with van der Waals surface area (Å²) in [5.41, 5.74) is 2.07. The first-order chi connectivity index (χ1) is 10.5. The Morgan fingerprint density at radius 1 is 1.23 bits per heavy atom. The zero-order valence-electron chi connectivity index (χ0n) is 12.6. The quantitative estimate of drug-likeness (QED) is 0.892. The standard InChI is InChI=1S/C18H20FNO2/c1-18(21,15-3-5-16(19)6-4-15)12-20-11-13-2-7-17-14(10-13)8-9-22-17/h2-7,10,20-21H,8-9,11-12H2,1H3. The lowest BCUT2D eigenvalue weighted by Crippen LogP contribution is -2.35. The van der Waals surface area contributed by atoms with Gasteiger partial charge in [0.05, 0.1) is 12.2 Å². The van der Waals surface area contributed by atoms with Crippen LogP contribution in [0.2, 0.25) is 0 Å². The van der Waals surface area contributed by atoms with Crippen molar-refractivity contribution in [1.82, 2.24) is 5.32 Å². The minimum atomic E-state index is -1.03. The van der Waals surface area contributed by atoms with E-state index in [1.54, 1.807) is 19.1 Å². The highest BCUT2D eigenvalue weighted by Gasteiger charge is 2.22. The first-order valence-corrected chi connectivity index (χ1v) is 7.48. The van der Waals surface area contributed by atoms with Crippen LogP contribution in [0.5, 0.6) is 5.75 Å². The molecule has 22 heavy (non-hydrogen) atoms. The van der Waals surface area contributed by atoms with E-state index in [0.717, 1.165) is 18.8 Å². The van der Waals surface area contributed by atoms with Crippen LogP contribution in [-0.4, -0.2) is 18.3 Å². The van der Waals surface area contributed by atoms with Crippen molar-refractivity contribution in [2.45, 2.75) is 25.5 Å². The molecule has 3 rings (SSSR count). The molecule has 1 atom stereocenters. The molecule has 0 fully saturated rings. The van der Waals surface area contributed by atoms with E-state index >= 15 is 0 Å². The molecule has 0 bridgehead atoms. The van der Waals surface area contributed by atoms with Crippen LogP contribution in [0, 0.1) is 5.82 Å². The summed E-state index contributed by atoms with van der Waals surface area (Å²) in [6.45, 7) is 3.55. The molecule has 3 nitrogen and oxygen atoms in total. The van der Waals surface area contributed by atoms with Gasteiger partial charge in [0.25, 0.3) is 0 Å². The molecule has 0 amide bonds. The molecule has 0 aromatic heterocycles. The molecule has 1 unspecified atom stereocenters. The van der Waals surface area contributed by atoms with E-state index in [9.17, 15) is 9.50 Å². The Morgan fingerprint density at radius 2 is 2.00 bits per heavy atom. The van der Waals surface area contributed by atoms with Crippen molar-refractivity contribution in [3.8, 4) is 5.75 Å². The first-order valence-electron chi connectivity index (χ1n) is 7.48. The highest BCUT2D eigenvalue weighted by Crippen LogP contribution is 2.26. The number of ether oxygens (including phenoxy) is 1. The number of hydrogen-bond donors (Lipinski definition) is 2. The summed E-state index contributed by atoms with van der Waals surface area (Å²) in [6, 6.07) is 12.1. The fourth-order valence-corrected chi connectivity index (χ4v) is 2.71. The molecule has 0 aliphatic carbocycles. The van der Waals surface area contributed by atoms with Gasteiger partial charge >= 0.3 is 0 Å². The number of rotatable bonds is 5. The van der Waals surface area contributed by atoms with Crippen molar-refractivity contribution in [2.24, 2.45) is 0 Å². The van der Waals surface area contributed by atoms with E-state index < -0.39 is 5.60 Å². The molecule has 0 saturated heterocycles. The molecule has 1 heterocycles. The number of fused-ring (bicyclic) bond motifs is 1. The zero-order chi connectivity index (χ0) is 15.6. The Bertz CT molecular complexity index is 653. The van der Waals surface area contributed by atoms with Crippen molar-refractivity contribution in [3.63, 3.8) is 0 Å². The molecule has 2 aromatic rings. The lowest BCUT2D eigenvalue weighted by molar-refractivity contribution is 0.0566. The van der Waals surface area contributed by atoms with Crippen LogP contribution in [0.1, 0.15) is 23.6 Å². The molecule has 2 N–H and O–H groups in total. The van der Waals surface area contributed by atoms with E-state index in [4.69, 9.17) is 4.74 Å². The van der Waals surface area contributed by atoms with Crippen LogP contribution < -0.4 is 10.1 Å². The minimum absolute atomic E-state index is 0.298. The van der Waals surface area contributed by atoms with Gasteiger partial charge in [-0.25, -0.2) is 4.39 Å². The van der Waals surface area contributed by atoms with Crippen molar-refractivity contribution >= 4 is 0 Å². The predicted octanol–water partition coefficient (Wildman–Crippen LogP) is 2.76. The second-order valence-corrected chi connectivity index (χ2v) is 5.92. The van der Waals surface area contributed by atoms with Gasteiger partial charge in [0.1, 0.15) is 11.6 Å². The highest BCUT2D eigenvalue weighted by molar-refractivity contribution is 5.39. The Morgan fingerprint density at radius 3 is 2.77 bits per heavy atom. The SMILES string of the molecule is CC(O)(CNCc1ccc2c(c1)CCO2)c1ccc(F)cc1. The van der Waals surface area contributed by atoms with Crippen molar-refractivity contribution < 1.29 is 14.2 Å². The van der Waals surface area contributed by atoms with Crippen molar-refractivity contribution in [3.05, 3.63) is 65.0 Å². The molecule has 1 aliphatic heterocycles. The van der Waals surface area contributed by atoms with Gasteiger partial charge in [-0.15, -0.1) is 0 Å². The predicted molar refractivity (Wildman–Crippen MR) is 83.3 cm³/mol. The second kappa shape index (κ2) is 6.07. The molecule has 4 heteroatoms. The summed E-state index contributed by atoms with van der Waals surface area (Å²) < 4.78 is 18.4. The summed E-state index contributed by atoms with van der Waals surface area (Å²) in [5.74, 6) is 0.676. The maximum Gasteiger partial charge on any atom is 0.123 e. The van der Waals surface area contributed by atoms with Gasteiger partial charge in [0.2, 0.25) is 0 Å². The number of hydrogen-bond acceptors (Lipinski definition) is 3.